The van der Waals surface area contributed by atoms with Gasteiger partial charge in [-0.3, -0.25) is 14.2 Å². The highest BCUT2D eigenvalue weighted by atomic mass is 19.1. The molecule has 4 aromatic carbocycles. The van der Waals surface area contributed by atoms with Crippen molar-refractivity contribution in [3.8, 4) is 27.9 Å². The van der Waals surface area contributed by atoms with Crippen molar-refractivity contribution in [2.75, 3.05) is 0 Å². The van der Waals surface area contributed by atoms with E-state index in [2.05, 4.69) is 0 Å². The SMILES string of the molecule is Cc1c(-c2ccc(C(N)=O)c3c2-c2ccc(C(C)(C)O)c(C)c2C3)cccc1-n1c(=O)c2cccc(F)c2n(C)c1=O. The van der Waals surface area contributed by atoms with Crippen molar-refractivity contribution < 1.29 is 14.3 Å². The fourth-order valence-electron chi connectivity index (χ4n) is 6.50. The van der Waals surface area contributed by atoms with Gasteiger partial charge in [0.05, 0.1) is 22.2 Å². The number of aryl methyl sites for hydroxylation is 1. The Bertz CT molecular complexity index is 2120. The Kier molecular flexibility index (Phi) is 6.09. The van der Waals surface area contributed by atoms with Crippen LogP contribution in [0.4, 0.5) is 4.39 Å². The zero-order chi connectivity index (χ0) is 30.2. The lowest BCUT2D eigenvalue weighted by Crippen LogP contribution is -2.38. The Morgan fingerprint density at radius 1 is 0.905 bits per heavy atom. The molecule has 8 heteroatoms. The molecule has 0 saturated carbocycles. The van der Waals surface area contributed by atoms with Gasteiger partial charge in [0.2, 0.25) is 5.91 Å². The van der Waals surface area contributed by atoms with Gasteiger partial charge in [0.1, 0.15) is 5.82 Å². The highest BCUT2D eigenvalue weighted by Gasteiger charge is 2.31. The molecule has 0 spiro atoms. The molecule has 7 nitrogen and oxygen atoms in total. The summed E-state index contributed by atoms with van der Waals surface area (Å²) < 4.78 is 16.8. The first-order valence-electron chi connectivity index (χ1n) is 13.6. The van der Waals surface area contributed by atoms with E-state index in [1.54, 1.807) is 32.0 Å². The van der Waals surface area contributed by atoms with Gasteiger partial charge in [-0.15, -0.1) is 0 Å². The van der Waals surface area contributed by atoms with Gasteiger partial charge in [-0.1, -0.05) is 36.4 Å². The lowest BCUT2D eigenvalue weighted by atomic mass is 9.87. The average molecular weight is 564 g/mol. The molecule has 0 fully saturated rings. The molecule has 0 bridgehead atoms. The summed E-state index contributed by atoms with van der Waals surface area (Å²) in [6.45, 7) is 7.29. The molecule has 0 unspecified atom stereocenters. The summed E-state index contributed by atoms with van der Waals surface area (Å²) in [4.78, 5) is 39.5. The minimum atomic E-state index is -1.05. The number of amides is 1. The molecule has 212 valence electrons. The van der Waals surface area contributed by atoms with Gasteiger partial charge in [-0.2, -0.15) is 0 Å². The van der Waals surface area contributed by atoms with E-state index >= 15 is 0 Å². The molecule has 0 saturated heterocycles. The van der Waals surface area contributed by atoms with Crippen molar-refractivity contribution in [3.05, 3.63) is 121 Å². The van der Waals surface area contributed by atoms with Gasteiger partial charge in [-0.05, 0) is 108 Å². The lowest BCUT2D eigenvalue weighted by molar-refractivity contribution is 0.0778. The van der Waals surface area contributed by atoms with Crippen molar-refractivity contribution in [1.29, 1.82) is 0 Å². The Morgan fingerprint density at radius 2 is 1.60 bits per heavy atom. The summed E-state index contributed by atoms with van der Waals surface area (Å²) in [5.74, 6) is -1.18. The van der Waals surface area contributed by atoms with E-state index in [0.717, 1.165) is 53.6 Å². The number of halogens is 1. The maximum atomic E-state index is 14.6. The van der Waals surface area contributed by atoms with Crippen molar-refractivity contribution in [3.63, 3.8) is 0 Å². The summed E-state index contributed by atoms with van der Waals surface area (Å²) in [7, 11) is 1.44. The Hall–Kier alpha value is -4.82. The van der Waals surface area contributed by atoms with Crippen LogP contribution in [0.25, 0.3) is 38.8 Å². The second kappa shape index (κ2) is 9.36. The molecule has 5 aromatic rings. The van der Waals surface area contributed by atoms with Crippen LogP contribution >= 0.6 is 0 Å². The van der Waals surface area contributed by atoms with Crippen LogP contribution in [-0.2, 0) is 19.1 Å². The molecular weight excluding hydrogens is 533 g/mol. The summed E-state index contributed by atoms with van der Waals surface area (Å²) >= 11 is 0. The molecule has 6 rings (SSSR count). The Balaban J connectivity index is 1.64. The normalized spacial score (nSPS) is 12.5. The highest BCUT2D eigenvalue weighted by Crippen LogP contribution is 2.47. The van der Waals surface area contributed by atoms with E-state index in [-0.39, 0.29) is 10.9 Å². The quantitative estimate of drug-likeness (QED) is 0.314. The van der Waals surface area contributed by atoms with Gasteiger partial charge in [-0.25, -0.2) is 13.8 Å². The van der Waals surface area contributed by atoms with E-state index in [1.165, 1.54) is 25.2 Å². The van der Waals surface area contributed by atoms with Crippen LogP contribution in [0.1, 0.15) is 52.0 Å². The minimum Gasteiger partial charge on any atom is -0.386 e. The van der Waals surface area contributed by atoms with Crippen LogP contribution in [0.5, 0.6) is 0 Å². The van der Waals surface area contributed by atoms with Crippen LogP contribution in [0.2, 0.25) is 0 Å². The van der Waals surface area contributed by atoms with Crippen LogP contribution in [0, 0.1) is 19.7 Å². The molecule has 0 atom stereocenters. The van der Waals surface area contributed by atoms with Gasteiger partial charge in [0.25, 0.3) is 5.56 Å². The number of aliphatic hydroxyl groups is 1. The number of rotatable bonds is 4. The standard InChI is InChI=1S/C34H30FN3O4/c1-17-24-16-25-22(31(36)39)13-12-20(29(25)21(24)14-15-26(17)34(3,4)42)19-8-7-11-28(18(19)2)38-32(40)23-9-6-10-27(35)30(23)37(5)33(38)41/h6-15,42H,16H2,1-5H3,(H2,36,39). The van der Waals surface area contributed by atoms with Gasteiger partial charge < -0.3 is 10.8 Å². The molecule has 1 aromatic heterocycles. The summed E-state index contributed by atoms with van der Waals surface area (Å²) in [5.41, 5.74) is 11.8. The number of nitrogens with zero attached hydrogens (tertiary/aromatic N) is 2. The number of primary amides is 1. The van der Waals surface area contributed by atoms with Crippen molar-refractivity contribution in [2.24, 2.45) is 12.8 Å². The van der Waals surface area contributed by atoms with E-state index < -0.39 is 28.6 Å². The van der Waals surface area contributed by atoms with Crippen molar-refractivity contribution >= 4 is 16.8 Å². The topological polar surface area (TPSA) is 107 Å². The van der Waals surface area contributed by atoms with Crippen LogP contribution < -0.4 is 17.0 Å². The summed E-state index contributed by atoms with van der Waals surface area (Å²) in [6.07, 6.45) is 0.474. The monoisotopic (exact) mass is 563 g/mol. The molecular formula is C34H30FN3O4. The minimum absolute atomic E-state index is 0.0465. The molecule has 42 heavy (non-hydrogen) atoms. The second-order valence-electron chi connectivity index (χ2n) is 11.4. The van der Waals surface area contributed by atoms with Crippen LogP contribution in [-0.4, -0.2) is 20.1 Å². The first-order valence-corrected chi connectivity index (χ1v) is 13.6. The molecule has 1 aliphatic rings. The number of hydrogen-bond donors (Lipinski definition) is 2. The first kappa shape index (κ1) is 27.4. The largest absolute Gasteiger partial charge is 0.386 e. The van der Waals surface area contributed by atoms with Gasteiger partial charge >= 0.3 is 5.69 Å². The molecule has 0 radical (unpaired) electrons. The summed E-state index contributed by atoms with van der Waals surface area (Å²) in [5, 5.41) is 10.9. The van der Waals surface area contributed by atoms with Gasteiger partial charge in [0, 0.05) is 12.6 Å². The predicted molar refractivity (Wildman–Crippen MR) is 162 cm³/mol. The van der Waals surface area contributed by atoms with E-state index in [9.17, 15) is 23.9 Å². The number of hydrogen-bond acceptors (Lipinski definition) is 4. The fraction of sp³-hybridized carbons (Fsp3) is 0.206. The summed E-state index contributed by atoms with van der Waals surface area (Å²) in [6, 6.07) is 17.0. The number of nitrogens with two attached hydrogens (primary N) is 1. The Labute approximate surface area is 241 Å². The third kappa shape index (κ3) is 3.86. The first-order chi connectivity index (χ1) is 19.8. The smallest absolute Gasteiger partial charge is 0.335 e. The second-order valence-corrected chi connectivity index (χ2v) is 11.4. The van der Waals surface area contributed by atoms with Crippen LogP contribution in [0.3, 0.4) is 0 Å². The number of carbonyl (C=O) groups excluding carboxylic acids is 1. The third-order valence-electron chi connectivity index (χ3n) is 8.53. The van der Waals surface area contributed by atoms with Crippen LogP contribution in [0.15, 0.2) is 70.3 Å². The molecule has 3 N–H and O–H groups in total. The average Bonchev–Trinajstić information content (AvgIpc) is 3.32. The molecule has 1 amide bonds. The fourth-order valence-corrected chi connectivity index (χ4v) is 6.50. The molecule has 1 aliphatic carbocycles. The Morgan fingerprint density at radius 3 is 2.29 bits per heavy atom. The predicted octanol–water partition coefficient (Wildman–Crippen LogP) is 5.01. The van der Waals surface area contributed by atoms with Gasteiger partial charge in [0.15, 0.2) is 0 Å². The maximum Gasteiger partial charge on any atom is 0.335 e. The van der Waals surface area contributed by atoms with Crippen molar-refractivity contribution in [2.45, 2.75) is 39.7 Å². The highest BCUT2D eigenvalue weighted by molar-refractivity contribution is 6.02. The lowest BCUT2D eigenvalue weighted by Gasteiger charge is -2.22. The number of benzene rings is 4. The van der Waals surface area contributed by atoms with E-state index in [1.807, 2.05) is 38.1 Å². The number of para-hydroxylation sites is 1. The van der Waals surface area contributed by atoms with Crippen molar-refractivity contribution in [1.82, 2.24) is 9.13 Å². The van der Waals surface area contributed by atoms with E-state index in [0.29, 0.717) is 23.2 Å². The van der Waals surface area contributed by atoms with E-state index in [4.69, 9.17) is 5.73 Å². The number of fused-ring (bicyclic) bond motifs is 4. The molecule has 0 aliphatic heterocycles. The zero-order valence-corrected chi connectivity index (χ0v) is 24.0. The third-order valence-corrected chi connectivity index (χ3v) is 8.53. The zero-order valence-electron chi connectivity index (χ0n) is 24.0. The number of carbonyl (C=O) groups is 1. The maximum absolute atomic E-state index is 14.6. The molecule has 1 heterocycles. The number of aromatic nitrogens is 2.